The van der Waals surface area contributed by atoms with Crippen molar-refractivity contribution in [2.24, 2.45) is 5.73 Å². The first kappa shape index (κ1) is 19.6. The molecule has 1 fully saturated rings. The summed E-state index contributed by atoms with van der Waals surface area (Å²) >= 11 is 0. The van der Waals surface area contributed by atoms with E-state index in [9.17, 15) is 14.4 Å². The molecule has 0 spiro atoms. The first-order valence-corrected chi connectivity index (χ1v) is 9.61. The van der Waals surface area contributed by atoms with Gasteiger partial charge in [-0.05, 0) is 25.0 Å². The zero-order valence-electron chi connectivity index (χ0n) is 16.7. The van der Waals surface area contributed by atoms with Crippen LogP contribution >= 0.6 is 0 Å². The standard InChI is InChI=1S/C20H22N6O4/c1-11(27)25-8-6-12(7-9-25)18-22-15(17(21)28)16-19(24-18)26(20(29)23-16)13-4-3-5-14(10-13)30-2/h3-5,10,12H,6-9H2,1-2H3,(H2,21,28)(H,23,29). The predicted molar refractivity (Wildman–Crippen MR) is 109 cm³/mol. The molecule has 1 saturated heterocycles. The number of nitrogens with one attached hydrogen (secondary N) is 1. The van der Waals surface area contributed by atoms with Crippen molar-refractivity contribution >= 4 is 23.0 Å². The molecule has 3 heterocycles. The zero-order valence-corrected chi connectivity index (χ0v) is 16.7. The Bertz CT molecular complexity index is 1190. The van der Waals surface area contributed by atoms with Crippen LogP contribution in [0.1, 0.15) is 42.0 Å². The summed E-state index contributed by atoms with van der Waals surface area (Å²) in [5.74, 6) is 0.251. The van der Waals surface area contributed by atoms with E-state index in [0.717, 1.165) is 0 Å². The number of likely N-dealkylation sites (tertiary alicyclic amines) is 1. The first-order chi connectivity index (χ1) is 14.4. The average molecular weight is 410 g/mol. The van der Waals surface area contributed by atoms with Gasteiger partial charge in [-0.1, -0.05) is 6.07 Å². The third-order valence-corrected chi connectivity index (χ3v) is 5.40. The highest BCUT2D eigenvalue weighted by molar-refractivity contribution is 6.01. The number of amides is 2. The number of aromatic nitrogens is 4. The monoisotopic (exact) mass is 410 g/mol. The van der Waals surface area contributed by atoms with Gasteiger partial charge in [-0.2, -0.15) is 0 Å². The van der Waals surface area contributed by atoms with E-state index in [1.54, 1.807) is 36.1 Å². The van der Waals surface area contributed by atoms with Gasteiger partial charge >= 0.3 is 5.69 Å². The summed E-state index contributed by atoms with van der Waals surface area (Å²) in [4.78, 5) is 49.8. The number of rotatable bonds is 4. The van der Waals surface area contributed by atoms with E-state index in [4.69, 9.17) is 10.5 Å². The molecular formula is C20H22N6O4. The van der Waals surface area contributed by atoms with Crippen LogP contribution in [0.3, 0.4) is 0 Å². The molecule has 156 valence electrons. The van der Waals surface area contributed by atoms with Gasteiger partial charge in [0.05, 0.1) is 12.8 Å². The normalized spacial score (nSPS) is 14.8. The summed E-state index contributed by atoms with van der Waals surface area (Å²) < 4.78 is 6.63. The van der Waals surface area contributed by atoms with Crippen LogP contribution in [0.5, 0.6) is 5.75 Å². The number of H-pyrrole nitrogens is 1. The minimum atomic E-state index is -0.746. The summed E-state index contributed by atoms with van der Waals surface area (Å²) in [6, 6.07) is 6.97. The number of primary amides is 1. The topological polar surface area (TPSA) is 136 Å². The highest BCUT2D eigenvalue weighted by Crippen LogP contribution is 2.28. The summed E-state index contributed by atoms with van der Waals surface area (Å²) in [6.45, 7) is 2.72. The van der Waals surface area contributed by atoms with E-state index >= 15 is 0 Å². The van der Waals surface area contributed by atoms with Gasteiger partial charge < -0.3 is 20.4 Å². The Morgan fingerprint density at radius 2 is 1.97 bits per heavy atom. The molecule has 0 saturated carbocycles. The lowest BCUT2D eigenvalue weighted by Crippen LogP contribution is -2.36. The van der Waals surface area contributed by atoms with E-state index in [1.165, 1.54) is 11.7 Å². The number of carbonyl (C=O) groups excluding carboxylic acids is 2. The Morgan fingerprint density at radius 3 is 2.60 bits per heavy atom. The van der Waals surface area contributed by atoms with Crippen LogP contribution in [-0.4, -0.2) is 56.4 Å². The van der Waals surface area contributed by atoms with Crippen LogP contribution in [0.15, 0.2) is 29.1 Å². The predicted octanol–water partition coefficient (Wildman–Crippen LogP) is 0.942. The third kappa shape index (κ3) is 3.40. The molecule has 10 nitrogen and oxygen atoms in total. The molecule has 3 aromatic rings. The van der Waals surface area contributed by atoms with Crippen LogP contribution < -0.4 is 16.2 Å². The number of aromatic amines is 1. The maximum Gasteiger partial charge on any atom is 0.332 e. The lowest BCUT2D eigenvalue weighted by molar-refractivity contribution is -0.129. The summed E-state index contributed by atoms with van der Waals surface area (Å²) in [5, 5.41) is 0. The molecule has 0 radical (unpaired) electrons. The van der Waals surface area contributed by atoms with Crippen molar-refractivity contribution in [3.05, 3.63) is 46.3 Å². The number of ether oxygens (including phenoxy) is 1. The number of methoxy groups -OCH3 is 1. The van der Waals surface area contributed by atoms with Gasteiger partial charge in [0.15, 0.2) is 11.3 Å². The summed E-state index contributed by atoms with van der Waals surface area (Å²) in [6.07, 6.45) is 1.33. The molecule has 1 aliphatic rings. The molecule has 1 aliphatic heterocycles. The number of carbonyl (C=O) groups is 2. The molecule has 10 heteroatoms. The van der Waals surface area contributed by atoms with Gasteiger partial charge in [-0.15, -0.1) is 0 Å². The number of hydrogen-bond acceptors (Lipinski definition) is 6. The average Bonchev–Trinajstić information content (AvgIpc) is 3.08. The summed E-state index contributed by atoms with van der Waals surface area (Å²) in [7, 11) is 1.54. The molecule has 1 aromatic carbocycles. The van der Waals surface area contributed by atoms with Gasteiger partial charge in [0.25, 0.3) is 5.91 Å². The van der Waals surface area contributed by atoms with Gasteiger partial charge in [0.1, 0.15) is 17.1 Å². The first-order valence-electron chi connectivity index (χ1n) is 9.61. The van der Waals surface area contributed by atoms with Crippen LogP contribution in [0, 0.1) is 0 Å². The van der Waals surface area contributed by atoms with Crippen molar-refractivity contribution in [3.8, 4) is 11.4 Å². The maximum atomic E-state index is 12.7. The van der Waals surface area contributed by atoms with Gasteiger partial charge in [-0.3, -0.25) is 9.59 Å². The molecule has 0 unspecified atom stereocenters. The van der Waals surface area contributed by atoms with Crippen LogP contribution in [-0.2, 0) is 4.79 Å². The number of benzene rings is 1. The molecule has 2 amide bonds. The maximum absolute atomic E-state index is 12.7. The lowest BCUT2D eigenvalue weighted by Gasteiger charge is -2.30. The van der Waals surface area contributed by atoms with E-state index in [0.29, 0.717) is 43.2 Å². The van der Waals surface area contributed by atoms with Crippen LogP contribution in [0.4, 0.5) is 0 Å². The lowest BCUT2D eigenvalue weighted by atomic mass is 9.95. The molecule has 30 heavy (non-hydrogen) atoms. The van der Waals surface area contributed by atoms with Crippen molar-refractivity contribution in [1.82, 2.24) is 24.4 Å². The Labute approximate surface area is 171 Å². The third-order valence-electron chi connectivity index (χ3n) is 5.40. The Balaban J connectivity index is 1.85. The van der Waals surface area contributed by atoms with Gasteiger partial charge in [-0.25, -0.2) is 19.3 Å². The number of piperidine rings is 1. The van der Waals surface area contributed by atoms with Crippen molar-refractivity contribution < 1.29 is 14.3 Å². The summed E-state index contributed by atoms with van der Waals surface area (Å²) in [5.41, 5.74) is 6.08. The SMILES string of the molecule is COc1cccc(-n2c(=O)[nH]c3c(C(N)=O)nc(C4CCN(C(C)=O)CC4)nc32)c1. The number of hydrogen-bond donors (Lipinski definition) is 2. The van der Waals surface area contributed by atoms with Crippen LogP contribution in [0.25, 0.3) is 16.9 Å². The number of nitrogens with zero attached hydrogens (tertiary/aromatic N) is 4. The number of imidazole rings is 1. The van der Waals surface area contributed by atoms with Crippen molar-refractivity contribution in [1.29, 1.82) is 0 Å². The molecule has 0 bridgehead atoms. The van der Waals surface area contributed by atoms with E-state index in [1.807, 2.05) is 0 Å². The number of nitrogens with two attached hydrogens (primary N) is 1. The smallest absolute Gasteiger partial charge is 0.332 e. The second-order valence-corrected chi connectivity index (χ2v) is 7.24. The fourth-order valence-electron chi connectivity index (χ4n) is 3.80. The highest BCUT2D eigenvalue weighted by Gasteiger charge is 2.27. The molecular weight excluding hydrogens is 388 g/mol. The second-order valence-electron chi connectivity index (χ2n) is 7.24. The number of fused-ring (bicyclic) bond motifs is 1. The van der Waals surface area contributed by atoms with E-state index in [2.05, 4.69) is 15.0 Å². The zero-order chi connectivity index (χ0) is 21.4. The Hall–Kier alpha value is -3.69. The Morgan fingerprint density at radius 1 is 1.23 bits per heavy atom. The largest absolute Gasteiger partial charge is 0.497 e. The van der Waals surface area contributed by atoms with Crippen molar-refractivity contribution in [3.63, 3.8) is 0 Å². The minimum Gasteiger partial charge on any atom is -0.497 e. The van der Waals surface area contributed by atoms with Crippen LogP contribution in [0.2, 0.25) is 0 Å². The van der Waals surface area contributed by atoms with Gasteiger partial charge in [0, 0.05) is 32.0 Å². The quantitative estimate of drug-likeness (QED) is 0.657. The fourth-order valence-corrected chi connectivity index (χ4v) is 3.80. The van der Waals surface area contributed by atoms with E-state index in [-0.39, 0.29) is 28.7 Å². The molecule has 4 rings (SSSR count). The molecule has 0 atom stereocenters. The fraction of sp³-hybridized carbons (Fsp3) is 0.350. The minimum absolute atomic E-state index is 0.0252. The highest BCUT2D eigenvalue weighted by atomic mass is 16.5. The molecule has 2 aromatic heterocycles. The van der Waals surface area contributed by atoms with E-state index < -0.39 is 11.6 Å². The van der Waals surface area contributed by atoms with Crippen molar-refractivity contribution in [2.45, 2.75) is 25.7 Å². The molecule has 3 N–H and O–H groups in total. The van der Waals surface area contributed by atoms with Crippen molar-refractivity contribution in [2.75, 3.05) is 20.2 Å². The van der Waals surface area contributed by atoms with Gasteiger partial charge in [0.2, 0.25) is 5.91 Å². The Kier molecular flexibility index (Phi) is 4.98. The molecule has 0 aliphatic carbocycles. The second kappa shape index (κ2) is 7.62.